The van der Waals surface area contributed by atoms with E-state index in [4.69, 9.17) is 10.2 Å². The molecule has 4 N–H and O–H groups in total. The van der Waals surface area contributed by atoms with Crippen molar-refractivity contribution in [2.75, 3.05) is 7.05 Å². The molecule has 0 aromatic carbocycles. The summed E-state index contributed by atoms with van der Waals surface area (Å²) in [6, 6.07) is 3.08. The van der Waals surface area contributed by atoms with Gasteiger partial charge in [0.1, 0.15) is 11.5 Å². The molecule has 5 heteroatoms. The van der Waals surface area contributed by atoms with E-state index in [0.717, 1.165) is 11.5 Å². The summed E-state index contributed by atoms with van der Waals surface area (Å²) in [4.78, 5) is 11.2. The van der Waals surface area contributed by atoms with Gasteiger partial charge >= 0.3 is 0 Å². The quantitative estimate of drug-likeness (QED) is 0.579. The van der Waals surface area contributed by atoms with Crippen LogP contribution in [-0.2, 0) is 11.2 Å². The summed E-state index contributed by atoms with van der Waals surface area (Å²) in [5.74, 6) is 1.30. The number of carbonyl (C=O) groups is 1. The maximum Gasteiger partial charge on any atom is 0.251 e. The molecule has 0 aliphatic rings. The maximum absolute atomic E-state index is 11.2. The van der Waals surface area contributed by atoms with Crippen molar-refractivity contribution in [3.05, 3.63) is 23.7 Å². The van der Waals surface area contributed by atoms with E-state index in [2.05, 4.69) is 10.9 Å². The lowest BCUT2D eigenvalue weighted by Crippen LogP contribution is -2.46. The van der Waals surface area contributed by atoms with Gasteiger partial charge in [-0.2, -0.15) is 0 Å². The van der Waals surface area contributed by atoms with Crippen LogP contribution in [0.1, 0.15) is 11.5 Å². The number of nitrogens with two attached hydrogens (primary N) is 1. The minimum absolute atomic E-state index is 0.249. The number of aryl methyl sites for hydroxylation is 1. The van der Waals surface area contributed by atoms with E-state index in [1.807, 2.05) is 19.1 Å². The van der Waals surface area contributed by atoms with E-state index in [1.165, 1.54) is 0 Å². The topological polar surface area (TPSA) is 80.3 Å². The van der Waals surface area contributed by atoms with Gasteiger partial charge in [-0.25, -0.2) is 5.43 Å². The first kappa shape index (κ1) is 10.7. The molecule has 0 saturated heterocycles. The highest BCUT2D eigenvalue weighted by molar-refractivity contribution is 5.81. The van der Waals surface area contributed by atoms with Gasteiger partial charge in [-0.05, 0) is 19.1 Å². The average Bonchev–Trinajstić information content (AvgIpc) is 2.51. The minimum atomic E-state index is -0.590. The van der Waals surface area contributed by atoms with Gasteiger partial charge in [0, 0.05) is 13.5 Å². The maximum atomic E-state index is 11.2. The Morgan fingerprint density at radius 3 is 2.86 bits per heavy atom. The van der Waals surface area contributed by atoms with Gasteiger partial charge in [-0.1, -0.05) is 0 Å². The lowest BCUT2D eigenvalue weighted by molar-refractivity contribution is -0.123. The van der Waals surface area contributed by atoms with E-state index in [1.54, 1.807) is 7.05 Å². The van der Waals surface area contributed by atoms with Gasteiger partial charge in [0.25, 0.3) is 5.91 Å². The molecule has 0 aliphatic carbocycles. The third-order valence-electron chi connectivity index (χ3n) is 1.80. The van der Waals surface area contributed by atoms with Crippen molar-refractivity contribution in [2.45, 2.75) is 19.4 Å². The number of rotatable bonds is 4. The van der Waals surface area contributed by atoms with Crippen LogP contribution in [0.3, 0.4) is 0 Å². The second-order valence-corrected chi connectivity index (χ2v) is 3.06. The zero-order valence-electron chi connectivity index (χ0n) is 8.33. The van der Waals surface area contributed by atoms with Crippen molar-refractivity contribution in [1.82, 2.24) is 10.9 Å². The van der Waals surface area contributed by atoms with Gasteiger partial charge in [0.15, 0.2) is 0 Å². The number of amides is 1. The Morgan fingerprint density at radius 1 is 1.64 bits per heavy atom. The predicted molar refractivity (Wildman–Crippen MR) is 52.3 cm³/mol. The van der Waals surface area contributed by atoms with Crippen LogP contribution in [0.2, 0.25) is 0 Å². The third-order valence-corrected chi connectivity index (χ3v) is 1.80. The smallest absolute Gasteiger partial charge is 0.251 e. The van der Waals surface area contributed by atoms with Crippen LogP contribution in [0.4, 0.5) is 0 Å². The molecule has 1 rings (SSSR count). The lowest BCUT2D eigenvalue weighted by atomic mass is 10.2. The minimum Gasteiger partial charge on any atom is -0.466 e. The first-order valence-corrected chi connectivity index (χ1v) is 4.41. The molecular formula is C9H15N3O2. The molecular weight excluding hydrogens is 182 g/mol. The van der Waals surface area contributed by atoms with Crippen LogP contribution in [0.5, 0.6) is 0 Å². The monoisotopic (exact) mass is 197 g/mol. The molecule has 1 heterocycles. The Hall–Kier alpha value is -1.33. The Bertz CT molecular complexity index is 309. The fourth-order valence-electron chi connectivity index (χ4n) is 1.12. The van der Waals surface area contributed by atoms with Crippen LogP contribution in [-0.4, -0.2) is 19.0 Å². The summed E-state index contributed by atoms with van der Waals surface area (Å²) in [5, 5.41) is 0. The summed E-state index contributed by atoms with van der Waals surface area (Å²) in [5.41, 5.74) is 10.6. The number of nitrogens with one attached hydrogen (secondary N) is 2. The highest BCUT2D eigenvalue weighted by Crippen LogP contribution is 2.07. The molecule has 78 valence electrons. The first-order valence-electron chi connectivity index (χ1n) is 4.41. The van der Waals surface area contributed by atoms with Crippen molar-refractivity contribution in [3.63, 3.8) is 0 Å². The van der Waals surface area contributed by atoms with Crippen molar-refractivity contribution in [2.24, 2.45) is 5.73 Å². The fraction of sp³-hybridized carbons (Fsp3) is 0.444. The fourth-order valence-corrected chi connectivity index (χ4v) is 1.12. The van der Waals surface area contributed by atoms with E-state index in [-0.39, 0.29) is 5.91 Å². The lowest BCUT2D eigenvalue weighted by Gasteiger charge is -2.09. The van der Waals surface area contributed by atoms with E-state index < -0.39 is 6.04 Å². The van der Waals surface area contributed by atoms with Crippen LogP contribution in [0.25, 0.3) is 0 Å². The Kier molecular flexibility index (Phi) is 3.67. The Morgan fingerprint density at radius 2 is 2.36 bits per heavy atom. The van der Waals surface area contributed by atoms with E-state index >= 15 is 0 Å². The Balaban J connectivity index is 2.48. The molecule has 14 heavy (non-hydrogen) atoms. The molecule has 5 nitrogen and oxygen atoms in total. The SMILES string of the molecule is CNNC(=O)C(N)Cc1ccc(C)o1. The number of hydrazine groups is 1. The highest BCUT2D eigenvalue weighted by atomic mass is 16.3. The zero-order valence-corrected chi connectivity index (χ0v) is 8.33. The van der Waals surface area contributed by atoms with Crippen LogP contribution < -0.4 is 16.6 Å². The molecule has 0 bridgehead atoms. The second kappa shape index (κ2) is 4.78. The molecule has 0 spiro atoms. The molecule has 1 atom stereocenters. The largest absolute Gasteiger partial charge is 0.466 e. The molecule has 1 unspecified atom stereocenters. The first-order chi connectivity index (χ1) is 6.63. The standard InChI is InChI=1S/C9H15N3O2/c1-6-3-4-7(14-6)5-8(10)9(13)12-11-2/h3-4,8,11H,5,10H2,1-2H3,(H,12,13). The molecule has 1 aromatic rings. The highest BCUT2D eigenvalue weighted by Gasteiger charge is 2.14. The molecule has 0 aliphatic heterocycles. The number of hydrogen-bond donors (Lipinski definition) is 3. The summed E-state index contributed by atoms with van der Waals surface area (Å²) in [6.07, 6.45) is 0.404. The summed E-state index contributed by atoms with van der Waals surface area (Å²) >= 11 is 0. The van der Waals surface area contributed by atoms with Crippen LogP contribution in [0.15, 0.2) is 16.5 Å². The molecule has 0 radical (unpaired) electrons. The molecule has 1 aromatic heterocycles. The summed E-state index contributed by atoms with van der Waals surface area (Å²) < 4.78 is 5.30. The van der Waals surface area contributed by atoms with Crippen molar-refractivity contribution < 1.29 is 9.21 Å². The van der Waals surface area contributed by atoms with Gasteiger partial charge in [-0.15, -0.1) is 0 Å². The predicted octanol–water partition coefficient (Wildman–Crippen LogP) is -0.292. The van der Waals surface area contributed by atoms with Gasteiger partial charge in [-0.3, -0.25) is 10.2 Å². The van der Waals surface area contributed by atoms with Crippen LogP contribution >= 0.6 is 0 Å². The molecule has 1 amide bonds. The third kappa shape index (κ3) is 2.86. The number of hydrogen-bond acceptors (Lipinski definition) is 4. The number of carbonyl (C=O) groups excluding carboxylic acids is 1. The molecule has 0 saturated carbocycles. The van der Waals surface area contributed by atoms with Crippen LogP contribution in [0, 0.1) is 6.92 Å². The zero-order chi connectivity index (χ0) is 10.6. The van der Waals surface area contributed by atoms with Crippen molar-refractivity contribution in [3.8, 4) is 0 Å². The summed E-state index contributed by atoms with van der Waals surface area (Å²) in [7, 11) is 1.61. The second-order valence-electron chi connectivity index (χ2n) is 3.06. The van der Waals surface area contributed by atoms with E-state index in [9.17, 15) is 4.79 Å². The van der Waals surface area contributed by atoms with Gasteiger partial charge < -0.3 is 10.2 Å². The summed E-state index contributed by atoms with van der Waals surface area (Å²) in [6.45, 7) is 1.85. The van der Waals surface area contributed by atoms with Gasteiger partial charge in [0.05, 0.1) is 6.04 Å². The average molecular weight is 197 g/mol. The van der Waals surface area contributed by atoms with E-state index in [0.29, 0.717) is 6.42 Å². The molecule has 0 fully saturated rings. The van der Waals surface area contributed by atoms with Crippen molar-refractivity contribution in [1.29, 1.82) is 0 Å². The Labute approximate surface area is 82.6 Å². The normalized spacial score (nSPS) is 12.5. The number of furan rings is 1. The van der Waals surface area contributed by atoms with Gasteiger partial charge in [0.2, 0.25) is 0 Å². The van der Waals surface area contributed by atoms with Crippen molar-refractivity contribution >= 4 is 5.91 Å².